The normalized spacial score (nSPS) is 10.7. The maximum Gasteiger partial charge on any atom is 0.137 e. The number of phenolic OH excluding ortho intramolecular Hbond substituents is 3. The number of benzene rings is 2. The van der Waals surface area contributed by atoms with Crippen LogP contribution < -0.4 is 0 Å². The van der Waals surface area contributed by atoms with Crippen molar-refractivity contribution in [2.75, 3.05) is 0 Å². The second-order valence-electron chi connectivity index (χ2n) is 4.52. The van der Waals surface area contributed by atoms with Crippen molar-refractivity contribution in [2.45, 2.75) is 0 Å². The number of nitrogens with one attached hydrogen (secondary N) is 1. The molecule has 0 aliphatic carbocycles. The predicted molar refractivity (Wildman–Crippen MR) is 79.5 cm³/mol. The summed E-state index contributed by atoms with van der Waals surface area (Å²) in [6.45, 7) is 0. The molecule has 0 aliphatic heterocycles. The van der Waals surface area contributed by atoms with Gasteiger partial charge in [0.05, 0.1) is 5.02 Å². The van der Waals surface area contributed by atoms with E-state index in [0.717, 1.165) is 11.1 Å². The molecule has 0 unspecified atom stereocenters. The molecule has 1 heterocycles. The summed E-state index contributed by atoms with van der Waals surface area (Å²) in [5.74, 6) is -0.150. The number of phenols is 3. The van der Waals surface area contributed by atoms with Crippen LogP contribution in [0.15, 0.2) is 42.6 Å². The van der Waals surface area contributed by atoms with Crippen molar-refractivity contribution in [3.8, 4) is 39.6 Å². The fraction of sp³-hybridized carbons (Fsp3) is 0. The van der Waals surface area contributed by atoms with Gasteiger partial charge in [-0.3, -0.25) is 5.10 Å². The van der Waals surface area contributed by atoms with Crippen LogP contribution >= 0.6 is 11.6 Å². The Morgan fingerprint density at radius 1 is 0.905 bits per heavy atom. The van der Waals surface area contributed by atoms with Crippen LogP contribution in [0.5, 0.6) is 17.2 Å². The minimum absolute atomic E-state index is 0.121. The first-order valence-electron chi connectivity index (χ1n) is 6.11. The van der Waals surface area contributed by atoms with Crippen LogP contribution in [0.3, 0.4) is 0 Å². The number of H-pyrrole nitrogens is 1. The quantitative estimate of drug-likeness (QED) is 0.583. The van der Waals surface area contributed by atoms with Crippen LogP contribution in [0.25, 0.3) is 22.4 Å². The van der Waals surface area contributed by atoms with E-state index in [9.17, 15) is 15.3 Å². The van der Waals surface area contributed by atoms with Crippen molar-refractivity contribution < 1.29 is 15.3 Å². The van der Waals surface area contributed by atoms with Gasteiger partial charge in [0.25, 0.3) is 0 Å². The van der Waals surface area contributed by atoms with Crippen molar-refractivity contribution in [1.29, 1.82) is 0 Å². The second-order valence-corrected chi connectivity index (χ2v) is 4.92. The summed E-state index contributed by atoms with van der Waals surface area (Å²) in [6, 6.07) is 9.23. The van der Waals surface area contributed by atoms with Gasteiger partial charge in [-0.05, 0) is 23.8 Å². The molecule has 1 aromatic heterocycles. The molecule has 106 valence electrons. The monoisotopic (exact) mass is 302 g/mol. The maximum absolute atomic E-state index is 9.99. The molecule has 2 aromatic carbocycles. The van der Waals surface area contributed by atoms with E-state index in [2.05, 4.69) is 10.2 Å². The highest BCUT2D eigenvalue weighted by Crippen LogP contribution is 2.40. The Balaban J connectivity index is 2.15. The van der Waals surface area contributed by atoms with E-state index in [-0.39, 0.29) is 22.3 Å². The SMILES string of the molecule is Oc1ccc(-c2c[nH]nc2-c2cc(Cl)c(O)cc2O)cc1. The number of halogens is 1. The number of hydrogen-bond acceptors (Lipinski definition) is 4. The molecule has 0 aliphatic rings. The third-order valence-electron chi connectivity index (χ3n) is 3.14. The van der Waals surface area contributed by atoms with Gasteiger partial charge in [-0.2, -0.15) is 5.10 Å². The van der Waals surface area contributed by atoms with Crippen LogP contribution in [-0.2, 0) is 0 Å². The van der Waals surface area contributed by atoms with Gasteiger partial charge in [-0.15, -0.1) is 0 Å². The minimum atomic E-state index is -0.195. The predicted octanol–water partition coefficient (Wildman–Crippen LogP) is 3.51. The van der Waals surface area contributed by atoms with Crippen LogP contribution in [0.1, 0.15) is 0 Å². The molecular formula is C15H11ClN2O3. The van der Waals surface area contributed by atoms with E-state index in [1.54, 1.807) is 30.5 Å². The summed E-state index contributed by atoms with van der Waals surface area (Å²) in [5.41, 5.74) is 2.47. The van der Waals surface area contributed by atoms with Gasteiger partial charge in [-0.1, -0.05) is 23.7 Å². The molecule has 3 rings (SSSR count). The minimum Gasteiger partial charge on any atom is -0.508 e. The fourth-order valence-electron chi connectivity index (χ4n) is 2.10. The molecule has 0 amide bonds. The van der Waals surface area contributed by atoms with Gasteiger partial charge in [0.2, 0.25) is 0 Å². The van der Waals surface area contributed by atoms with Crippen molar-refractivity contribution in [3.63, 3.8) is 0 Å². The van der Waals surface area contributed by atoms with Gasteiger partial charge in [0.15, 0.2) is 0 Å². The topological polar surface area (TPSA) is 89.4 Å². The van der Waals surface area contributed by atoms with E-state index in [4.69, 9.17) is 11.6 Å². The first-order chi connectivity index (χ1) is 10.1. The molecule has 0 spiro atoms. The summed E-state index contributed by atoms with van der Waals surface area (Å²) >= 11 is 5.89. The number of nitrogens with zero attached hydrogens (tertiary/aromatic N) is 1. The van der Waals surface area contributed by atoms with Crippen molar-refractivity contribution in [3.05, 3.63) is 47.6 Å². The van der Waals surface area contributed by atoms with E-state index in [0.29, 0.717) is 11.3 Å². The highest BCUT2D eigenvalue weighted by atomic mass is 35.5. The average molecular weight is 303 g/mol. The Bertz CT molecular complexity index is 797. The third-order valence-corrected chi connectivity index (χ3v) is 3.44. The standard InChI is InChI=1S/C15H11ClN2O3/c16-12-5-10(13(20)6-14(12)21)15-11(7-17-18-15)8-1-3-9(19)4-2-8/h1-7,19-21H,(H,17,18). The zero-order chi connectivity index (χ0) is 15.0. The molecule has 0 bridgehead atoms. The first kappa shape index (κ1) is 13.3. The average Bonchev–Trinajstić information content (AvgIpc) is 2.93. The third kappa shape index (κ3) is 2.39. The second kappa shape index (κ2) is 5.03. The molecule has 5 nitrogen and oxygen atoms in total. The molecule has 0 radical (unpaired) electrons. The summed E-state index contributed by atoms with van der Waals surface area (Å²) in [6.07, 6.45) is 1.68. The zero-order valence-electron chi connectivity index (χ0n) is 10.7. The molecule has 0 atom stereocenters. The van der Waals surface area contributed by atoms with Gasteiger partial charge in [-0.25, -0.2) is 0 Å². The molecule has 3 aromatic rings. The Hall–Kier alpha value is -2.66. The van der Waals surface area contributed by atoms with Crippen molar-refractivity contribution in [1.82, 2.24) is 10.2 Å². The largest absolute Gasteiger partial charge is 0.508 e. The van der Waals surface area contributed by atoms with Gasteiger partial charge < -0.3 is 15.3 Å². The summed E-state index contributed by atoms with van der Waals surface area (Å²) in [4.78, 5) is 0. The number of rotatable bonds is 2. The zero-order valence-corrected chi connectivity index (χ0v) is 11.5. The lowest BCUT2D eigenvalue weighted by molar-refractivity contribution is 0.452. The van der Waals surface area contributed by atoms with Gasteiger partial charge >= 0.3 is 0 Å². The number of aromatic nitrogens is 2. The van der Waals surface area contributed by atoms with Crippen LogP contribution in [0.2, 0.25) is 5.02 Å². The van der Waals surface area contributed by atoms with Gasteiger partial charge in [0.1, 0.15) is 22.9 Å². The van der Waals surface area contributed by atoms with Crippen molar-refractivity contribution in [2.24, 2.45) is 0 Å². The van der Waals surface area contributed by atoms with Crippen LogP contribution in [0, 0.1) is 0 Å². The number of aromatic hydroxyl groups is 3. The van der Waals surface area contributed by atoms with Crippen LogP contribution in [0.4, 0.5) is 0 Å². The van der Waals surface area contributed by atoms with Crippen molar-refractivity contribution >= 4 is 11.6 Å². The molecule has 21 heavy (non-hydrogen) atoms. The highest BCUT2D eigenvalue weighted by Gasteiger charge is 2.16. The fourth-order valence-corrected chi connectivity index (χ4v) is 2.26. The number of hydrogen-bond donors (Lipinski definition) is 4. The van der Waals surface area contributed by atoms with Crippen LogP contribution in [-0.4, -0.2) is 25.5 Å². The Labute approximate surface area is 125 Å². The lowest BCUT2D eigenvalue weighted by Gasteiger charge is -2.07. The lowest BCUT2D eigenvalue weighted by atomic mass is 10.0. The first-order valence-corrected chi connectivity index (χ1v) is 6.49. The molecule has 0 saturated carbocycles. The Kier molecular flexibility index (Phi) is 3.19. The lowest BCUT2D eigenvalue weighted by Crippen LogP contribution is -1.85. The van der Waals surface area contributed by atoms with E-state index in [1.165, 1.54) is 12.1 Å². The van der Waals surface area contributed by atoms with E-state index >= 15 is 0 Å². The van der Waals surface area contributed by atoms with Gasteiger partial charge in [0, 0.05) is 23.4 Å². The smallest absolute Gasteiger partial charge is 0.137 e. The molecule has 4 N–H and O–H groups in total. The summed E-state index contributed by atoms with van der Waals surface area (Å²) in [7, 11) is 0. The Morgan fingerprint density at radius 2 is 1.62 bits per heavy atom. The van der Waals surface area contributed by atoms with E-state index < -0.39 is 0 Å². The molecule has 0 fully saturated rings. The van der Waals surface area contributed by atoms with E-state index in [1.807, 2.05) is 0 Å². The molecule has 6 heteroatoms. The highest BCUT2D eigenvalue weighted by molar-refractivity contribution is 6.32. The summed E-state index contributed by atoms with van der Waals surface area (Å²) in [5, 5.41) is 35.8. The number of aromatic amines is 1. The molecule has 0 saturated heterocycles. The summed E-state index contributed by atoms with van der Waals surface area (Å²) < 4.78 is 0. The Morgan fingerprint density at radius 3 is 2.33 bits per heavy atom. The maximum atomic E-state index is 9.99. The molecular weight excluding hydrogens is 292 g/mol.